The lowest BCUT2D eigenvalue weighted by molar-refractivity contribution is -0.122. The number of amides is 2. The van der Waals surface area contributed by atoms with E-state index in [9.17, 15) is 9.59 Å². The molecule has 7 nitrogen and oxygen atoms in total. The van der Waals surface area contributed by atoms with E-state index in [0.717, 1.165) is 11.3 Å². The Morgan fingerprint density at radius 2 is 1.93 bits per heavy atom. The van der Waals surface area contributed by atoms with Crippen molar-refractivity contribution in [1.82, 2.24) is 10.2 Å². The van der Waals surface area contributed by atoms with Gasteiger partial charge in [0.2, 0.25) is 16.9 Å². The Bertz CT molecular complexity index is 1050. The number of hydrogen-bond donors (Lipinski definition) is 1. The quantitative estimate of drug-likeness (QED) is 0.622. The summed E-state index contributed by atoms with van der Waals surface area (Å²) in [6.45, 7) is 2.57. The molecule has 0 aliphatic carbocycles. The summed E-state index contributed by atoms with van der Waals surface area (Å²) >= 11 is 7.09. The maximum atomic E-state index is 12.6. The Labute approximate surface area is 182 Å². The summed E-state index contributed by atoms with van der Waals surface area (Å²) in [4.78, 5) is 26.6. The van der Waals surface area contributed by atoms with Crippen LogP contribution in [0.1, 0.15) is 17.0 Å². The topological polar surface area (TPSA) is 84.4 Å². The van der Waals surface area contributed by atoms with Crippen LogP contribution in [0, 0.1) is 12.8 Å². The average Bonchev–Trinajstić information content (AvgIpc) is 3.35. The normalized spacial score (nSPS) is 16.0. The zero-order valence-corrected chi connectivity index (χ0v) is 17.7. The van der Waals surface area contributed by atoms with Crippen molar-refractivity contribution in [3.05, 3.63) is 64.1 Å². The van der Waals surface area contributed by atoms with Crippen LogP contribution in [-0.4, -0.2) is 28.6 Å². The number of nitrogens with zero attached hydrogens (tertiary/aromatic N) is 3. The molecule has 1 aromatic heterocycles. The number of carbonyl (C=O) groups is 2. The van der Waals surface area contributed by atoms with Crippen molar-refractivity contribution in [2.75, 3.05) is 16.8 Å². The molecule has 1 atom stereocenters. The van der Waals surface area contributed by atoms with Gasteiger partial charge in [0.25, 0.3) is 0 Å². The fourth-order valence-corrected chi connectivity index (χ4v) is 3.89. The first-order valence-corrected chi connectivity index (χ1v) is 10.6. The molecule has 9 heteroatoms. The van der Waals surface area contributed by atoms with Crippen LogP contribution in [-0.2, 0) is 16.2 Å². The van der Waals surface area contributed by atoms with Gasteiger partial charge in [-0.2, -0.15) is 0 Å². The van der Waals surface area contributed by atoms with Crippen LogP contribution in [0.5, 0.6) is 5.75 Å². The lowest BCUT2D eigenvalue weighted by Crippen LogP contribution is -2.28. The maximum absolute atomic E-state index is 12.6. The molecule has 0 unspecified atom stereocenters. The van der Waals surface area contributed by atoms with Gasteiger partial charge in [-0.25, -0.2) is 0 Å². The summed E-state index contributed by atoms with van der Waals surface area (Å²) < 4.78 is 5.64. The molecule has 30 heavy (non-hydrogen) atoms. The van der Waals surface area contributed by atoms with Crippen LogP contribution in [0.25, 0.3) is 0 Å². The van der Waals surface area contributed by atoms with E-state index in [-0.39, 0.29) is 24.8 Å². The smallest absolute Gasteiger partial charge is 0.231 e. The number of aromatic nitrogens is 2. The summed E-state index contributed by atoms with van der Waals surface area (Å²) in [7, 11) is 0. The van der Waals surface area contributed by atoms with Gasteiger partial charge in [-0.15, -0.1) is 10.2 Å². The van der Waals surface area contributed by atoms with Gasteiger partial charge in [0, 0.05) is 23.7 Å². The van der Waals surface area contributed by atoms with E-state index in [4.69, 9.17) is 16.3 Å². The standard InChI is InChI=1S/C21H19ClN4O3S/c1-13-2-6-16(7-3-13)26-11-14(10-19(26)27)20(28)23-21-25-24-18(30-21)12-29-17-8-4-15(22)5-9-17/h2-9,14H,10-12H2,1H3,(H,23,25,28)/t14-/m1/s1. The second-order valence-electron chi connectivity index (χ2n) is 6.97. The van der Waals surface area contributed by atoms with Crippen LogP contribution in [0.15, 0.2) is 48.5 Å². The molecule has 0 bridgehead atoms. The molecule has 154 valence electrons. The highest BCUT2D eigenvalue weighted by atomic mass is 35.5. The molecule has 0 radical (unpaired) electrons. The molecule has 1 fully saturated rings. The molecule has 2 heterocycles. The zero-order chi connectivity index (χ0) is 21.1. The fourth-order valence-electron chi connectivity index (χ4n) is 3.10. The number of halogens is 1. The monoisotopic (exact) mass is 442 g/mol. The van der Waals surface area contributed by atoms with Gasteiger partial charge in [0.05, 0.1) is 5.92 Å². The van der Waals surface area contributed by atoms with E-state index in [1.165, 1.54) is 11.3 Å². The summed E-state index contributed by atoms with van der Waals surface area (Å²) in [5.74, 6) is -0.0649. The number of rotatable bonds is 6. The van der Waals surface area contributed by atoms with Gasteiger partial charge in [0.15, 0.2) is 5.01 Å². The van der Waals surface area contributed by atoms with Gasteiger partial charge < -0.3 is 15.0 Å². The third-order valence-electron chi connectivity index (χ3n) is 4.71. The number of nitrogens with one attached hydrogen (secondary N) is 1. The number of benzene rings is 2. The van der Waals surface area contributed by atoms with Gasteiger partial charge >= 0.3 is 0 Å². The number of carbonyl (C=O) groups excluding carboxylic acids is 2. The minimum Gasteiger partial charge on any atom is -0.486 e. The van der Waals surface area contributed by atoms with Gasteiger partial charge in [-0.05, 0) is 43.3 Å². The summed E-state index contributed by atoms with van der Waals surface area (Å²) in [6, 6.07) is 14.7. The lowest BCUT2D eigenvalue weighted by atomic mass is 10.1. The van der Waals surface area contributed by atoms with Crippen molar-refractivity contribution < 1.29 is 14.3 Å². The lowest BCUT2D eigenvalue weighted by Gasteiger charge is -2.16. The van der Waals surface area contributed by atoms with Crippen molar-refractivity contribution in [2.45, 2.75) is 20.0 Å². The van der Waals surface area contributed by atoms with Crippen LogP contribution in [0.3, 0.4) is 0 Å². The minimum absolute atomic E-state index is 0.0617. The first-order chi connectivity index (χ1) is 14.5. The van der Waals surface area contributed by atoms with E-state index < -0.39 is 5.92 Å². The number of aryl methyl sites for hydroxylation is 1. The molecule has 0 saturated carbocycles. The second kappa shape index (κ2) is 8.81. The summed E-state index contributed by atoms with van der Waals surface area (Å²) in [5, 5.41) is 12.4. The van der Waals surface area contributed by atoms with E-state index in [0.29, 0.717) is 27.5 Å². The molecule has 0 spiro atoms. The molecular weight excluding hydrogens is 424 g/mol. The van der Waals surface area contributed by atoms with Crippen LogP contribution in [0.4, 0.5) is 10.8 Å². The Morgan fingerprint density at radius 1 is 1.20 bits per heavy atom. The summed E-state index contributed by atoms with van der Waals surface area (Å²) in [6.07, 6.45) is 0.172. The Hall–Kier alpha value is -2.97. The van der Waals surface area contributed by atoms with Crippen molar-refractivity contribution in [2.24, 2.45) is 5.92 Å². The van der Waals surface area contributed by atoms with Gasteiger partial charge in [-0.3, -0.25) is 9.59 Å². The number of hydrogen-bond acceptors (Lipinski definition) is 6. The largest absolute Gasteiger partial charge is 0.486 e. The van der Waals surface area contributed by atoms with E-state index in [1.54, 1.807) is 29.2 Å². The van der Waals surface area contributed by atoms with Crippen molar-refractivity contribution in [3.63, 3.8) is 0 Å². The van der Waals surface area contributed by atoms with Gasteiger partial charge in [0.1, 0.15) is 12.4 Å². The molecule has 1 N–H and O–H groups in total. The average molecular weight is 443 g/mol. The zero-order valence-electron chi connectivity index (χ0n) is 16.2. The fraction of sp³-hybridized carbons (Fsp3) is 0.238. The minimum atomic E-state index is -0.434. The Morgan fingerprint density at radius 3 is 2.67 bits per heavy atom. The molecule has 1 aliphatic heterocycles. The van der Waals surface area contributed by atoms with Gasteiger partial charge in [-0.1, -0.05) is 40.6 Å². The number of anilines is 2. The predicted molar refractivity (Wildman–Crippen MR) is 116 cm³/mol. The molecule has 2 amide bonds. The highest BCUT2D eigenvalue weighted by molar-refractivity contribution is 7.15. The number of ether oxygens (including phenoxy) is 1. The molecule has 1 aliphatic rings. The molecule has 3 aromatic rings. The van der Waals surface area contributed by atoms with Crippen molar-refractivity contribution >= 4 is 45.6 Å². The second-order valence-corrected chi connectivity index (χ2v) is 8.47. The van der Waals surface area contributed by atoms with Crippen LogP contribution >= 0.6 is 22.9 Å². The molecule has 4 rings (SSSR count). The molecule has 1 saturated heterocycles. The third kappa shape index (κ3) is 4.77. The van der Waals surface area contributed by atoms with Crippen LogP contribution < -0.4 is 15.0 Å². The molecule has 2 aromatic carbocycles. The Balaban J connectivity index is 1.32. The van der Waals surface area contributed by atoms with E-state index in [2.05, 4.69) is 15.5 Å². The highest BCUT2D eigenvalue weighted by Gasteiger charge is 2.35. The van der Waals surface area contributed by atoms with Crippen LogP contribution in [0.2, 0.25) is 5.02 Å². The van der Waals surface area contributed by atoms with Crippen molar-refractivity contribution in [1.29, 1.82) is 0 Å². The van der Waals surface area contributed by atoms with Crippen molar-refractivity contribution in [3.8, 4) is 5.75 Å². The SMILES string of the molecule is Cc1ccc(N2C[C@H](C(=O)Nc3nnc(COc4ccc(Cl)cc4)s3)CC2=O)cc1. The summed E-state index contributed by atoms with van der Waals surface area (Å²) in [5.41, 5.74) is 1.92. The first-order valence-electron chi connectivity index (χ1n) is 9.36. The highest BCUT2D eigenvalue weighted by Crippen LogP contribution is 2.27. The third-order valence-corrected chi connectivity index (χ3v) is 5.78. The predicted octanol–water partition coefficient (Wildman–Crippen LogP) is 4.07. The Kier molecular flexibility index (Phi) is 5.96. The maximum Gasteiger partial charge on any atom is 0.231 e. The molecular formula is C21H19ClN4O3S. The van der Waals surface area contributed by atoms with E-state index in [1.807, 2.05) is 31.2 Å². The first kappa shape index (κ1) is 20.3. The van der Waals surface area contributed by atoms with E-state index >= 15 is 0 Å².